The molecule has 2 N–H and O–H groups in total. The third-order valence-electron chi connectivity index (χ3n) is 3.86. The van der Waals surface area contributed by atoms with Crippen LogP contribution in [-0.2, 0) is 0 Å². The number of hydrogen-bond donors (Lipinski definition) is 1. The number of thioether (sulfide) groups is 1. The lowest BCUT2D eigenvalue weighted by Gasteiger charge is -2.42. The maximum Gasteiger partial charge on any atom is 0.123 e. The minimum Gasteiger partial charge on any atom is -0.326 e. The van der Waals surface area contributed by atoms with Gasteiger partial charge in [0.1, 0.15) is 5.82 Å². The van der Waals surface area contributed by atoms with E-state index in [0.29, 0.717) is 6.04 Å². The van der Waals surface area contributed by atoms with E-state index in [-0.39, 0.29) is 17.9 Å². The molecule has 0 bridgehead atoms. The van der Waals surface area contributed by atoms with Gasteiger partial charge >= 0.3 is 0 Å². The fourth-order valence-corrected chi connectivity index (χ4v) is 3.76. The Balaban J connectivity index is 2.27. The zero-order chi connectivity index (χ0) is 13.8. The van der Waals surface area contributed by atoms with E-state index in [1.807, 2.05) is 23.9 Å². The first-order valence-electron chi connectivity index (χ1n) is 6.98. The van der Waals surface area contributed by atoms with Crippen molar-refractivity contribution in [3.63, 3.8) is 0 Å². The Morgan fingerprint density at radius 2 is 2.11 bits per heavy atom. The first-order valence-corrected chi connectivity index (χ1v) is 8.13. The minimum absolute atomic E-state index is 0.0935. The lowest BCUT2D eigenvalue weighted by molar-refractivity contribution is 0.137. The molecular weight excluding hydrogens is 259 g/mol. The normalized spacial score (nSPS) is 24.1. The molecular formula is C15H23FN2S. The Hall–Kier alpha value is -0.580. The second kappa shape index (κ2) is 6.73. The molecule has 4 heteroatoms. The number of rotatable bonds is 4. The maximum atomic E-state index is 13.1. The lowest BCUT2D eigenvalue weighted by Crippen LogP contribution is -2.48. The van der Waals surface area contributed by atoms with E-state index in [4.69, 9.17) is 5.73 Å². The average molecular weight is 282 g/mol. The highest BCUT2D eigenvalue weighted by Gasteiger charge is 2.30. The van der Waals surface area contributed by atoms with Crippen LogP contribution in [0, 0.1) is 5.82 Å². The zero-order valence-corrected chi connectivity index (χ0v) is 12.5. The Kier molecular flexibility index (Phi) is 5.25. The third kappa shape index (κ3) is 3.50. The highest BCUT2D eigenvalue weighted by Crippen LogP contribution is 2.30. The van der Waals surface area contributed by atoms with E-state index in [9.17, 15) is 4.39 Å². The van der Waals surface area contributed by atoms with Crippen molar-refractivity contribution in [1.29, 1.82) is 0 Å². The molecule has 1 fully saturated rings. The summed E-state index contributed by atoms with van der Waals surface area (Å²) in [5, 5.41) is 0. The molecule has 1 heterocycles. The van der Waals surface area contributed by atoms with Crippen LogP contribution in [0.1, 0.15) is 31.9 Å². The summed E-state index contributed by atoms with van der Waals surface area (Å²) in [6.07, 6.45) is 0.929. The standard InChI is InChI=1S/C15H23FN2S/c1-3-14(17)15(12-4-6-13(16)7-5-12)18-8-9-19-10-11(18)2/h4-7,11,14-15H,3,8-10,17H2,1-2H3. The molecule has 0 radical (unpaired) electrons. The molecule has 1 aliphatic heterocycles. The summed E-state index contributed by atoms with van der Waals surface area (Å²) in [7, 11) is 0. The molecule has 0 aliphatic carbocycles. The average Bonchev–Trinajstić information content (AvgIpc) is 2.43. The van der Waals surface area contributed by atoms with Gasteiger partial charge in [-0.3, -0.25) is 4.90 Å². The molecule has 3 unspecified atom stereocenters. The summed E-state index contributed by atoms with van der Waals surface area (Å²) in [5.74, 6) is 2.11. The monoisotopic (exact) mass is 282 g/mol. The molecule has 19 heavy (non-hydrogen) atoms. The van der Waals surface area contributed by atoms with Crippen LogP contribution in [0.25, 0.3) is 0 Å². The summed E-state index contributed by atoms with van der Waals surface area (Å²) in [5.41, 5.74) is 7.47. The van der Waals surface area contributed by atoms with Gasteiger partial charge in [0.15, 0.2) is 0 Å². The van der Waals surface area contributed by atoms with Crippen LogP contribution in [0.15, 0.2) is 24.3 Å². The van der Waals surface area contributed by atoms with Crippen LogP contribution in [0.5, 0.6) is 0 Å². The van der Waals surface area contributed by atoms with Crippen molar-refractivity contribution in [3.05, 3.63) is 35.6 Å². The highest BCUT2D eigenvalue weighted by molar-refractivity contribution is 7.99. The van der Waals surface area contributed by atoms with Crippen LogP contribution in [-0.4, -0.2) is 35.0 Å². The van der Waals surface area contributed by atoms with E-state index in [0.717, 1.165) is 30.0 Å². The quantitative estimate of drug-likeness (QED) is 0.920. The smallest absolute Gasteiger partial charge is 0.123 e. The maximum absolute atomic E-state index is 13.1. The summed E-state index contributed by atoms with van der Waals surface area (Å²) >= 11 is 2.00. The SMILES string of the molecule is CCC(N)C(c1ccc(F)cc1)N1CCSCC1C. The van der Waals surface area contributed by atoms with Crippen molar-refractivity contribution in [1.82, 2.24) is 4.90 Å². The molecule has 106 valence electrons. The first kappa shape index (κ1) is 14.8. The van der Waals surface area contributed by atoms with E-state index in [1.165, 1.54) is 12.1 Å². The fourth-order valence-electron chi connectivity index (χ4n) is 2.72. The third-order valence-corrected chi connectivity index (χ3v) is 5.05. The Morgan fingerprint density at radius 1 is 1.42 bits per heavy atom. The van der Waals surface area contributed by atoms with Gasteiger partial charge in [0.25, 0.3) is 0 Å². The minimum atomic E-state index is -0.185. The molecule has 0 saturated carbocycles. The van der Waals surface area contributed by atoms with Gasteiger partial charge in [0, 0.05) is 30.1 Å². The largest absolute Gasteiger partial charge is 0.326 e. The number of nitrogens with two attached hydrogens (primary N) is 1. The predicted molar refractivity (Wildman–Crippen MR) is 80.9 cm³/mol. The van der Waals surface area contributed by atoms with Gasteiger partial charge in [-0.15, -0.1) is 0 Å². The van der Waals surface area contributed by atoms with Crippen LogP contribution < -0.4 is 5.73 Å². The van der Waals surface area contributed by atoms with Gasteiger partial charge in [0.05, 0.1) is 6.04 Å². The van der Waals surface area contributed by atoms with Crippen molar-refractivity contribution < 1.29 is 4.39 Å². The van der Waals surface area contributed by atoms with E-state index in [1.54, 1.807) is 0 Å². The number of benzene rings is 1. The molecule has 0 spiro atoms. The molecule has 0 aromatic heterocycles. The number of halogens is 1. The molecule has 2 rings (SSSR count). The van der Waals surface area contributed by atoms with Crippen molar-refractivity contribution in [2.24, 2.45) is 5.73 Å². The van der Waals surface area contributed by atoms with Crippen molar-refractivity contribution in [2.45, 2.75) is 38.4 Å². The Labute approximate surface area is 119 Å². The topological polar surface area (TPSA) is 29.3 Å². The molecule has 1 aromatic carbocycles. The van der Waals surface area contributed by atoms with Gasteiger partial charge in [-0.1, -0.05) is 19.1 Å². The predicted octanol–water partition coefficient (Wildman–Crippen LogP) is 3.04. The fraction of sp³-hybridized carbons (Fsp3) is 0.600. The number of nitrogens with zero attached hydrogens (tertiary/aromatic N) is 1. The van der Waals surface area contributed by atoms with Crippen LogP contribution >= 0.6 is 11.8 Å². The highest BCUT2D eigenvalue weighted by atomic mass is 32.2. The molecule has 1 saturated heterocycles. The zero-order valence-electron chi connectivity index (χ0n) is 11.7. The van der Waals surface area contributed by atoms with Gasteiger partial charge in [-0.2, -0.15) is 11.8 Å². The molecule has 1 aliphatic rings. The number of hydrogen-bond acceptors (Lipinski definition) is 3. The van der Waals surface area contributed by atoms with E-state index < -0.39 is 0 Å². The van der Waals surface area contributed by atoms with Crippen molar-refractivity contribution >= 4 is 11.8 Å². The Bertz CT molecular complexity index is 396. The second-order valence-corrected chi connectivity index (χ2v) is 6.38. The second-order valence-electron chi connectivity index (χ2n) is 5.23. The molecule has 3 atom stereocenters. The van der Waals surface area contributed by atoms with E-state index in [2.05, 4.69) is 18.7 Å². The van der Waals surface area contributed by atoms with Gasteiger partial charge in [0.2, 0.25) is 0 Å². The van der Waals surface area contributed by atoms with Crippen LogP contribution in [0.3, 0.4) is 0 Å². The summed E-state index contributed by atoms with van der Waals surface area (Å²) in [4.78, 5) is 2.48. The van der Waals surface area contributed by atoms with Crippen molar-refractivity contribution in [3.8, 4) is 0 Å². The molecule has 1 aromatic rings. The van der Waals surface area contributed by atoms with Crippen molar-refractivity contribution in [2.75, 3.05) is 18.1 Å². The first-order chi connectivity index (χ1) is 9.13. The van der Waals surface area contributed by atoms with Gasteiger partial charge in [-0.25, -0.2) is 4.39 Å². The van der Waals surface area contributed by atoms with Gasteiger partial charge < -0.3 is 5.73 Å². The molecule has 0 amide bonds. The Morgan fingerprint density at radius 3 is 2.68 bits per heavy atom. The van der Waals surface area contributed by atoms with Crippen LogP contribution in [0.2, 0.25) is 0 Å². The summed E-state index contributed by atoms with van der Waals surface area (Å²) in [6.45, 7) is 5.43. The lowest BCUT2D eigenvalue weighted by atomic mass is 9.95. The van der Waals surface area contributed by atoms with Gasteiger partial charge in [-0.05, 0) is 31.0 Å². The summed E-state index contributed by atoms with van der Waals surface area (Å²) in [6, 6.07) is 7.64. The van der Waals surface area contributed by atoms with Crippen LogP contribution in [0.4, 0.5) is 4.39 Å². The summed E-state index contributed by atoms with van der Waals surface area (Å²) < 4.78 is 13.1. The molecule has 2 nitrogen and oxygen atoms in total. The van der Waals surface area contributed by atoms with E-state index >= 15 is 0 Å².